The zero-order valence-electron chi connectivity index (χ0n) is 10.2. The number of amides is 2. The topological polar surface area (TPSA) is 55.4 Å². The van der Waals surface area contributed by atoms with Gasteiger partial charge >= 0.3 is 6.09 Å². The average Bonchev–Trinajstić information content (AvgIpc) is 2.63. The van der Waals surface area contributed by atoms with E-state index in [4.69, 9.17) is 0 Å². The van der Waals surface area contributed by atoms with E-state index in [0.717, 1.165) is 5.56 Å². The van der Waals surface area contributed by atoms with E-state index in [1.54, 1.807) is 6.08 Å². The average molecular weight is 243 g/mol. The van der Waals surface area contributed by atoms with Crippen molar-refractivity contribution in [1.82, 2.24) is 5.32 Å². The lowest BCUT2D eigenvalue weighted by molar-refractivity contribution is -0.116. The van der Waals surface area contributed by atoms with E-state index in [1.807, 2.05) is 43.4 Å². The summed E-state index contributed by atoms with van der Waals surface area (Å²) in [4.78, 5) is 21.9. The molecule has 1 aliphatic heterocycles. The Kier molecular flexibility index (Phi) is 3.28. The van der Waals surface area contributed by atoms with Crippen LogP contribution in [0.2, 0.25) is 0 Å². The molecule has 1 aromatic rings. The minimum Gasteiger partial charge on any atom is -0.404 e. The minimum absolute atomic E-state index is 0.0140. The zero-order valence-corrected chi connectivity index (χ0v) is 10.2. The Morgan fingerprint density at radius 2 is 1.94 bits per heavy atom. The van der Waals surface area contributed by atoms with Gasteiger partial charge in [0.2, 0.25) is 0 Å². The van der Waals surface area contributed by atoms with Crippen LogP contribution in [-0.4, -0.2) is 12.0 Å². The molecule has 0 aromatic heterocycles. The predicted molar refractivity (Wildman–Crippen MR) is 67.7 cm³/mol. The molecule has 1 N–H and O–H groups in total. The highest BCUT2D eigenvalue weighted by Crippen LogP contribution is 2.12. The third-order valence-corrected chi connectivity index (χ3v) is 2.71. The number of nitrogens with one attached hydrogen (secondary N) is 1. The first-order chi connectivity index (χ1) is 8.56. The number of aryl methyl sites for hydroxylation is 2. The van der Waals surface area contributed by atoms with Gasteiger partial charge in [0.1, 0.15) is 0 Å². The summed E-state index contributed by atoms with van der Waals surface area (Å²) < 4.78 is 4.66. The molecule has 92 valence electrons. The summed E-state index contributed by atoms with van der Waals surface area (Å²) in [6.07, 6.45) is 4.26. The highest BCUT2D eigenvalue weighted by atomic mass is 16.6. The molecule has 2 amide bonds. The fraction of sp³-hybridized carbons (Fsp3) is 0.143. The number of carbonyl (C=O) groups is 2. The summed E-state index contributed by atoms with van der Waals surface area (Å²) in [5.74, 6) is -0.496. The van der Waals surface area contributed by atoms with Crippen molar-refractivity contribution >= 4 is 18.1 Å². The van der Waals surface area contributed by atoms with Crippen molar-refractivity contribution in [2.24, 2.45) is 0 Å². The van der Waals surface area contributed by atoms with Gasteiger partial charge in [0.15, 0.2) is 5.76 Å². The second-order valence-corrected chi connectivity index (χ2v) is 4.08. The standard InChI is InChI=1S/C14H13NO3/c1-9-6-7-11(8-10(9)2)4-3-5-12-13(16)15-14(17)18-12/h3-8H,1-2H3,(H,15,16,17). The highest BCUT2D eigenvalue weighted by molar-refractivity contribution is 6.07. The van der Waals surface area contributed by atoms with Crippen molar-refractivity contribution in [1.29, 1.82) is 0 Å². The Bertz CT molecular complexity index is 570. The summed E-state index contributed by atoms with van der Waals surface area (Å²) in [5.41, 5.74) is 3.46. The maximum Gasteiger partial charge on any atom is 0.419 e. The van der Waals surface area contributed by atoms with Gasteiger partial charge in [0.25, 0.3) is 5.91 Å². The van der Waals surface area contributed by atoms with Crippen LogP contribution >= 0.6 is 0 Å². The number of hydrogen-bond donors (Lipinski definition) is 1. The van der Waals surface area contributed by atoms with Crippen LogP contribution in [0.5, 0.6) is 0 Å². The van der Waals surface area contributed by atoms with E-state index in [-0.39, 0.29) is 5.76 Å². The molecule has 1 aromatic carbocycles. The Balaban J connectivity index is 2.12. The summed E-state index contributed by atoms with van der Waals surface area (Å²) in [5, 5.41) is 2.03. The molecule has 2 rings (SSSR count). The summed E-state index contributed by atoms with van der Waals surface area (Å²) in [7, 11) is 0. The number of cyclic esters (lactones) is 1. The Morgan fingerprint density at radius 1 is 1.17 bits per heavy atom. The Hall–Kier alpha value is -2.36. The lowest BCUT2D eigenvalue weighted by Crippen LogP contribution is -2.18. The molecule has 0 aliphatic carbocycles. The second kappa shape index (κ2) is 4.87. The van der Waals surface area contributed by atoms with E-state index in [9.17, 15) is 9.59 Å². The highest BCUT2D eigenvalue weighted by Gasteiger charge is 2.25. The van der Waals surface area contributed by atoms with Crippen LogP contribution in [0.25, 0.3) is 6.08 Å². The number of carbonyl (C=O) groups excluding carboxylic acids is 2. The van der Waals surface area contributed by atoms with E-state index in [1.165, 1.54) is 17.2 Å². The van der Waals surface area contributed by atoms with E-state index >= 15 is 0 Å². The SMILES string of the molecule is Cc1ccc(C=CC=C2OC(=O)NC2=O)cc1C. The van der Waals surface area contributed by atoms with E-state index < -0.39 is 12.0 Å². The Labute approximate surface area is 105 Å². The largest absolute Gasteiger partial charge is 0.419 e. The molecule has 0 unspecified atom stereocenters. The van der Waals surface area contributed by atoms with Crippen LogP contribution in [0.4, 0.5) is 4.79 Å². The Morgan fingerprint density at radius 3 is 2.56 bits per heavy atom. The molecule has 1 saturated heterocycles. The number of rotatable bonds is 2. The lowest BCUT2D eigenvalue weighted by atomic mass is 10.1. The molecule has 0 radical (unpaired) electrons. The van der Waals surface area contributed by atoms with Crippen molar-refractivity contribution < 1.29 is 14.3 Å². The van der Waals surface area contributed by atoms with Crippen LogP contribution in [0, 0.1) is 13.8 Å². The molecule has 4 nitrogen and oxygen atoms in total. The van der Waals surface area contributed by atoms with Gasteiger partial charge in [-0.1, -0.05) is 30.4 Å². The number of alkyl carbamates (subject to hydrolysis) is 1. The molecule has 1 fully saturated rings. The molecule has 0 saturated carbocycles. The first-order valence-corrected chi connectivity index (χ1v) is 5.55. The van der Waals surface area contributed by atoms with E-state index in [0.29, 0.717) is 0 Å². The molecule has 4 heteroatoms. The van der Waals surface area contributed by atoms with Crippen molar-refractivity contribution in [3.8, 4) is 0 Å². The van der Waals surface area contributed by atoms with Gasteiger partial charge in [-0.3, -0.25) is 10.1 Å². The van der Waals surface area contributed by atoms with Crippen molar-refractivity contribution in [3.63, 3.8) is 0 Å². The van der Waals surface area contributed by atoms with Gasteiger partial charge in [-0.05, 0) is 36.6 Å². The van der Waals surface area contributed by atoms with Gasteiger partial charge in [-0.15, -0.1) is 0 Å². The zero-order chi connectivity index (χ0) is 13.1. The van der Waals surface area contributed by atoms with Gasteiger partial charge < -0.3 is 4.74 Å². The molecular weight excluding hydrogens is 230 g/mol. The summed E-state index contributed by atoms with van der Waals surface area (Å²) >= 11 is 0. The van der Waals surface area contributed by atoms with Crippen LogP contribution < -0.4 is 5.32 Å². The third kappa shape index (κ3) is 2.66. The first-order valence-electron chi connectivity index (χ1n) is 5.55. The van der Waals surface area contributed by atoms with Crippen LogP contribution in [0.3, 0.4) is 0 Å². The van der Waals surface area contributed by atoms with Crippen molar-refractivity contribution in [2.75, 3.05) is 0 Å². The maximum absolute atomic E-state index is 11.2. The first kappa shape index (κ1) is 12.1. The van der Waals surface area contributed by atoms with Gasteiger partial charge in [-0.2, -0.15) is 0 Å². The molecular formula is C14H13NO3. The molecule has 1 heterocycles. The van der Waals surface area contributed by atoms with Crippen molar-refractivity contribution in [2.45, 2.75) is 13.8 Å². The van der Waals surface area contributed by atoms with Gasteiger partial charge in [0.05, 0.1) is 0 Å². The van der Waals surface area contributed by atoms with Crippen LogP contribution in [0.15, 0.2) is 36.1 Å². The number of ether oxygens (including phenoxy) is 1. The van der Waals surface area contributed by atoms with E-state index in [2.05, 4.69) is 4.74 Å². The van der Waals surface area contributed by atoms with Crippen molar-refractivity contribution in [3.05, 3.63) is 52.8 Å². The lowest BCUT2D eigenvalue weighted by Gasteiger charge is -2.00. The second-order valence-electron chi connectivity index (χ2n) is 4.08. The molecule has 0 bridgehead atoms. The third-order valence-electron chi connectivity index (χ3n) is 2.71. The smallest absolute Gasteiger partial charge is 0.404 e. The van der Waals surface area contributed by atoms with Gasteiger partial charge in [-0.25, -0.2) is 4.79 Å². The maximum atomic E-state index is 11.2. The molecule has 1 aliphatic rings. The molecule has 0 spiro atoms. The number of benzene rings is 1. The summed E-state index contributed by atoms with van der Waals surface area (Å²) in [6.45, 7) is 4.09. The molecule has 18 heavy (non-hydrogen) atoms. The van der Waals surface area contributed by atoms with Gasteiger partial charge in [0, 0.05) is 0 Å². The summed E-state index contributed by atoms with van der Waals surface area (Å²) in [6, 6.07) is 6.06. The molecule has 0 atom stereocenters. The predicted octanol–water partition coefficient (Wildman–Crippen LogP) is 2.47. The number of allylic oxidation sites excluding steroid dienone is 2. The van der Waals surface area contributed by atoms with Crippen LogP contribution in [0.1, 0.15) is 16.7 Å². The fourth-order valence-electron chi connectivity index (χ4n) is 1.55. The monoisotopic (exact) mass is 243 g/mol. The number of hydrogen-bond acceptors (Lipinski definition) is 3. The quantitative estimate of drug-likeness (QED) is 0.812. The minimum atomic E-state index is -0.731. The normalized spacial score (nSPS) is 17.3. The number of imide groups is 1. The van der Waals surface area contributed by atoms with Crippen LogP contribution in [-0.2, 0) is 9.53 Å². The fourth-order valence-corrected chi connectivity index (χ4v) is 1.55.